The topological polar surface area (TPSA) is 41.2 Å². The molecular weight excluding hydrogens is 310 g/mol. The Balaban J connectivity index is 1.74. The van der Waals surface area contributed by atoms with E-state index in [0.717, 1.165) is 5.56 Å². The van der Waals surface area contributed by atoms with E-state index in [0.29, 0.717) is 6.54 Å². The van der Waals surface area contributed by atoms with Crippen molar-refractivity contribution < 1.29 is 4.84 Å². The molecule has 124 valence electrons. The van der Waals surface area contributed by atoms with Crippen LogP contribution in [0.25, 0.3) is 10.9 Å². The highest BCUT2D eigenvalue weighted by atomic mass is 16.7. The second-order valence-electron chi connectivity index (χ2n) is 7.11. The van der Waals surface area contributed by atoms with Crippen LogP contribution in [-0.2, 0) is 11.4 Å². The molecule has 4 nitrogen and oxygen atoms in total. The van der Waals surface area contributed by atoms with Gasteiger partial charge in [-0.15, -0.1) is 0 Å². The first kappa shape index (κ1) is 14.7. The van der Waals surface area contributed by atoms with Gasteiger partial charge in [0.2, 0.25) is 0 Å². The van der Waals surface area contributed by atoms with Crippen LogP contribution in [0.3, 0.4) is 0 Å². The summed E-state index contributed by atoms with van der Waals surface area (Å²) in [4.78, 5) is 6.21. The summed E-state index contributed by atoms with van der Waals surface area (Å²) in [7, 11) is 1.95. The fraction of sp³-hybridized carbons (Fsp3) is 0.286. The Labute approximate surface area is 146 Å². The normalized spacial score (nSPS) is 28.0. The van der Waals surface area contributed by atoms with E-state index in [1.165, 1.54) is 22.2 Å². The Bertz CT molecular complexity index is 1020. The van der Waals surface area contributed by atoms with Gasteiger partial charge in [0.1, 0.15) is 11.5 Å². The summed E-state index contributed by atoms with van der Waals surface area (Å²) in [5.41, 5.74) is 4.12. The zero-order chi connectivity index (χ0) is 17.2. The number of para-hydroxylation sites is 1. The van der Waals surface area contributed by atoms with E-state index >= 15 is 0 Å². The van der Waals surface area contributed by atoms with Crippen LogP contribution in [0.4, 0.5) is 0 Å². The van der Waals surface area contributed by atoms with Crippen LogP contribution in [-0.4, -0.2) is 16.7 Å². The van der Waals surface area contributed by atoms with Crippen molar-refractivity contribution in [3.05, 3.63) is 71.4 Å². The zero-order valence-electron chi connectivity index (χ0n) is 14.3. The van der Waals surface area contributed by atoms with Gasteiger partial charge in [0.25, 0.3) is 0 Å². The van der Waals surface area contributed by atoms with Crippen molar-refractivity contribution in [2.75, 3.05) is 7.05 Å². The van der Waals surface area contributed by atoms with E-state index in [2.05, 4.69) is 54.0 Å². The van der Waals surface area contributed by atoms with Gasteiger partial charge in [-0.2, -0.15) is 10.3 Å². The molecule has 1 fully saturated rings. The molecule has 2 aliphatic heterocycles. The maximum atomic E-state index is 10.3. The van der Waals surface area contributed by atoms with Gasteiger partial charge < -0.3 is 4.57 Å². The molecule has 5 rings (SSSR count). The molecule has 0 amide bonds. The smallest absolute Gasteiger partial charge is 0.131 e. The maximum Gasteiger partial charge on any atom is 0.131 e. The second kappa shape index (κ2) is 4.95. The van der Waals surface area contributed by atoms with Crippen molar-refractivity contribution in [3.8, 4) is 6.07 Å². The van der Waals surface area contributed by atoms with Crippen molar-refractivity contribution in [1.82, 2.24) is 9.63 Å². The molecule has 3 aromatic rings. The fourth-order valence-electron chi connectivity index (χ4n) is 4.80. The zero-order valence-corrected chi connectivity index (χ0v) is 14.3. The molecule has 1 aromatic heterocycles. The lowest BCUT2D eigenvalue weighted by molar-refractivity contribution is -0.149. The highest BCUT2D eigenvalue weighted by Crippen LogP contribution is 2.61. The number of nitriles is 1. The number of rotatable bonds is 1. The molecule has 0 radical (unpaired) electrons. The Kier molecular flexibility index (Phi) is 2.91. The standard InChI is InChI=1S/C21H19N3O/c1-14-16-10-6-7-11-17(16)24-13-21(12-22)19(18(14)24)23(2)25-20(21)15-8-4-3-5-9-15/h3-11,19-20H,13H2,1-2H3/t19-,20-,21+/m1/s1. The average Bonchev–Trinajstić information content (AvgIpc) is 3.23. The highest BCUT2D eigenvalue weighted by Gasteiger charge is 2.62. The third-order valence-electron chi connectivity index (χ3n) is 5.85. The van der Waals surface area contributed by atoms with Crippen LogP contribution in [0, 0.1) is 23.7 Å². The lowest BCUT2D eigenvalue weighted by Gasteiger charge is -2.25. The number of hydroxylamine groups is 2. The fourth-order valence-corrected chi connectivity index (χ4v) is 4.80. The number of benzene rings is 2. The third kappa shape index (κ3) is 1.72. The van der Waals surface area contributed by atoms with E-state index in [4.69, 9.17) is 4.84 Å². The maximum absolute atomic E-state index is 10.3. The first-order chi connectivity index (χ1) is 12.2. The Morgan fingerprint density at radius 2 is 1.84 bits per heavy atom. The molecule has 3 heterocycles. The first-order valence-corrected chi connectivity index (χ1v) is 8.61. The minimum absolute atomic E-state index is 0.0601. The van der Waals surface area contributed by atoms with Crippen LogP contribution in [0.5, 0.6) is 0 Å². The van der Waals surface area contributed by atoms with Gasteiger partial charge in [0.15, 0.2) is 0 Å². The minimum Gasteiger partial charge on any atom is -0.341 e. The number of hydrogen-bond donors (Lipinski definition) is 0. The molecule has 3 atom stereocenters. The van der Waals surface area contributed by atoms with Crippen LogP contribution in [0.15, 0.2) is 54.6 Å². The first-order valence-electron chi connectivity index (χ1n) is 8.61. The van der Waals surface area contributed by atoms with Crippen molar-refractivity contribution in [2.24, 2.45) is 5.41 Å². The van der Waals surface area contributed by atoms with Crippen molar-refractivity contribution in [1.29, 1.82) is 5.26 Å². The lowest BCUT2D eigenvalue weighted by Crippen LogP contribution is -2.29. The SMILES string of the molecule is Cc1c2n(c3ccccc13)C[C@]1(C#N)[C@@H](c3ccccc3)ON(C)[C@H]21. The van der Waals surface area contributed by atoms with Crippen molar-refractivity contribution in [3.63, 3.8) is 0 Å². The van der Waals surface area contributed by atoms with Gasteiger partial charge in [-0.3, -0.25) is 4.84 Å². The number of aryl methyl sites for hydroxylation is 1. The van der Waals surface area contributed by atoms with Gasteiger partial charge in [-0.1, -0.05) is 48.5 Å². The van der Waals surface area contributed by atoms with E-state index in [1.807, 2.05) is 30.3 Å². The van der Waals surface area contributed by atoms with Crippen LogP contribution in [0.2, 0.25) is 0 Å². The van der Waals surface area contributed by atoms with Crippen LogP contribution in [0.1, 0.15) is 29.0 Å². The molecule has 1 saturated heterocycles. The molecule has 0 unspecified atom stereocenters. The number of fused-ring (bicyclic) bond motifs is 5. The minimum atomic E-state index is -0.611. The largest absolute Gasteiger partial charge is 0.341 e. The van der Waals surface area contributed by atoms with Gasteiger partial charge >= 0.3 is 0 Å². The predicted molar refractivity (Wildman–Crippen MR) is 95.5 cm³/mol. The average molecular weight is 329 g/mol. The second-order valence-corrected chi connectivity index (χ2v) is 7.11. The predicted octanol–water partition coefficient (Wildman–Crippen LogP) is 4.13. The molecule has 0 spiro atoms. The third-order valence-corrected chi connectivity index (χ3v) is 5.85. The highest BCUT2D eigenvalue weighted by molar-refractivity contribution is 5.86. The van der Waals surface area contributed by atoms with Crippen LogP contribution < -0.4 is 0 Å². The quantitative estimate of drug-likeness (QED) is 0.674. The van der Waals surface area contributed by atoms with E-state index in [9.17, 15) is 5.26 Å². The van der Waals surface area contributed by atoms with E-state index < -0.39 is 5.41 Å². The monoisotopic (exact) mass is 329 g/mol. The van der Waals surface area contributed by atoms with Crippen molar-refractivity contribution >= 4 is 10.9 Å². The molecule has 25 heavy (non-hydrogen) atoms. The summed E-state index contributed by atoms with van der Waals surface area (Å²) in [6.07, 6.45) is -0.258. The summed E-state index contributed by atoms with van der Waals surface area (Å²) in [6.45, 7) is 2.81. The number of aromatic nitrogens is 1. The summed E-state index contributed by atoms with van der Waals surface area (Å²) in [5.74, 6) is 0. The molecule has 0 aliphatic carbocycles. The summed E-state index contributed by atoms with van der Waals surface area (Å²) < 4.78 is 2.33. The Hall–Kier alpha value is -2.61. The van der Waals surface area contributed by atoms with E-state index in [1.54, 1.807) is 0 Å². The summed E-state index contributed by atoms with van der Waals surface area (Å²) in [6, 6.07) is 21.2. The van der Waals surface area contributed by atoms with Crippen molar-refractivity contribution in [2.45, 2.75) is 25.6 Å². The van der Waals surface area contributed by atoms with Gasteiger partial charge in [0, 0.05) is 30.2 Å². The Morgan fingerprint density at radius 1 is 1.12 bits per heavy atom. The lowest BCUT2D eigenvalue weighted by atomic mass is 9.75. The van der Waals surface area contributed by atoms with E-state index in [-0.39, 0.29) is 12.1 Å². The molecule has 2 aromatic carbocycles. The van der Waals surface area contributed by atoms with Crippen LogP contribution >= 0.6 is 0 Å². The van der Waals surface area contributed by atoms with Gasteiger partial charge in [-0.25, -0.2) is 0 Å². The molecule has 0 saturated carbocycles. The summed E-state index contributed by atoms with van der Waals surface area (Å²) in [5, 5.41) is 13.4. The Morgan fingerprint density at radius 3 is 2.60 bits per heavy atom. The molecule has 0 N–H and O–H groups in total. The number of nitrogens with zero attached hydrogens (tertiary/aromatic N) is 3. The molecule has 2 aliphatic rings. The molecule has 4 heteroatoms. The van der Waals surface area contributed by atoms with Gasteiger partial charge in [-0.05, 0) is 24.1 Å². The summed E-state index contributed by atoms with van der Waals surface area (Å²) >= 11 is 0. The number of hydrogen-bond acceptors (Lipinski definition) is 3. The molecule has 0 bridgehead atoms. The molecular formula is C21H19N3O. The van der Waals surface area contributed by atoms with Gasteiger partial charge in [0.05, 0.1) is 12.1 Å².